The lowest BCUT2D eigenvalue weighted by Gasteiger charge is -2.22. The summed E-state index contributed by atoms with van der Waals surface area (Å²) in [6.45, 7) is 4.32. The summed E-state index contributed by atoms with van der Waals surface area (Å²) in [6, 6.07) is 0. The Kier molecular flexibility index (Phi) is 2.88. The molecule has 3 heteroatoms. The summed E-state index contributed by atoms with van der Waals surface area (Å²) in [5.74, 6) is -0.232. The average Bonchev–Trinajstić information content (AvgIpc) is 2.85. The van der Waals surface area contributed by atoms with E-state index in [0.717, 1.165) is 12.8 Å². The molecule has 0 radical (unpaired) electrons. The lowest BCUT2D eigenvalue weighted by molar-refractivity contribution is -0.141. The van der Waals surface area contributed by atoms with E-state index in [2.05, 4.69) is 0 Å². The third-order valence-corrected chi connectivity index (χ3v) is 3.11. The van der Waals surface area contributed by atoms with E-state index in [0.29, 0.717) is 0 Å². The minimum absolute atomic E-state index is 0.0675. The third-order valence-electron chi connectivity index (χ3n) is 3.11. The Hall–Kier alpha value is -0.990. The summed E-state index contributed by atoms with van der Waals surface area (Å²) in [4.78, 5) is 34.2. The first-order chi connectivity index (χ1) is 6.38. The van der Waals surface area contributed by atoms with Crippen molar-refractivity contribution >= 4 is 17.3 Å². The molecule has 0 heterocycles. The maximum atomic E-state index is 11.5. The SMILES string of the molecule is CC(=O)C(C)(CC(=O)C1CC1)C(C)=O. The first-order valence-corrected chi connectivity index (χ1v) is 4.92. The molecule has 1 aliphatic rings. The largest absolute Gasteiger partial charge is 0.299 e. The first kappa shape index (κ1) is 11.1. The highest BCUT2D eigenvalue weighted by atomic mass is 16.2. The maximum Gasteiger partial charge on any atom is 0.143 e. The van der Waals surface area contributed by atoms with Gasteiger partial charge in [-0.25, -0.2) is 0 Å². The van der Waals surface area contributed by atoms with E-state index >= 15 is 0 Å². The van der Waals surface area contributed by atoms with Crippen LogP contribution in [0.5, 0.6) is 0 Å². The molecule has 0 amide bonds. The minimum atomic E-state index is -1.08. The van der Waals surface area contributed by atoms with Crippen LogP contribution in [0.25, 0.3) is 0 Å². The van der Waals surface area contributed by atoms with Crippen LogP contribution in [0.3, 0.4) is 0 Å². The molecule has 14 heavy (non-hydrogen) atoms. The van der Waals surface area contributed by atoms with Gasteiger partial charge in [0.05, 0.1) is 5.41 Å². The van der Waals surface area contributed by atoms with Gasteiger partial charge in [-0.2, -0.15) is 0 Å². The van der Waals surface area contributed by atoms with Crippen molar-refractivity contribution in [3.63, 3.8) is 0 Å². The van der Waals surface area contributed by atoms with Gasteiger partial charge in [0.15, 0.2) is 0 Å². The minimum Gasteiger partial charge on any atom is -0.299 e. The first-order valence-electron chi connectivity index (χ1n) is 4.92. The van der Waals surface area contributed by atoms with Crippen molar-refractivity contribution < 1.29 is 14.4 Å². The Bertz CT molecular complexity index is 273. The van der Waals surface area contributed by atoms with Gasteiger partial charge in [0, 0.05) is 12.3 Å². The smallest absolute Gasteiger partial charge is 0.143 e. The zero-order chi connectivity index (χ0) is 10.9. The molecule has 0 aromatic carbocycles. The van der Waals surface area contributed by atoms with Gasteiger partial charge in [0.25, 0.3) is 0 Å². The van der Waals surface area contributed by atoms with E-state index in [-0.39, 0.29) is 29.7 Å². The molecule has 0 N–H and O–H groups in total. The number of hydrogen-bond donors (Lipinski definition) is 0. The number of hydrogen-bond acceptors (Lipinski definition) is 3. The molecular formula is C11H16O3. The monoisotopic (exact) mass is 196 g/mol. The Morgan fingerprint density at radius 2 is 1.57 bits per heavy atom. The molecule has 1 aliphatic carbocycles. The fourth-order valence-electron chi connectivity index (χ4n) is 1.39. The third kappa shape index (κ3) is 2.08. The van der Waals surface area contributed by atoms with Crippen LogP contribution in [-0.2, 0) is 14.4 Å². The van der Waals surface area contributed by atoms with Gasteiger partial charge < -0.3 is 0 Å². The van der Waals surface area contributed by atoms with Crippen LogP contribution in [0.2, 0.25) is 0 Å². The van der Waals surface area contributed by atoms with Crippen molar-refractivity contribution in [1.29, 1.82) is 0 Å². The van der Waals surface area contributed by atoms with Crippen molar-refractivity contribution in [2.45, 2.75) is 40.0 Å². The second kappa shape index (κ2) is 3.64. The van der Waals surface area contributed by atoms with Crippen molar-refractivity contribution in [3.8, 4) is 0 Å². The van der Waals surface area contributed by atoms with Gasteiger partial charge in [0.2, 0.25) is 0 Å². The van der Waals surface area contributed by atoms with Crippen LogP contribution >= 0.6 is 0 Å². The lowest BCUT2D eigenvalue weighted by Crippen LogP contribution is -2.36. The molecule has 1 rings (SSSR count). The second-order valence-electron chi connectivity index (χ2n) is 4.36. The molecule has 0 atom stereocenters. The molecule has 0 aliphatic heterocycles. The van der Waals surface area contributed by atoms with E-state index < -0.39 is 5.41 Å². The molecule has 3 nitrogen and oxygen atoms in total. The molecular weight excluding hydrogens is 180 g/mol. The van der Waals surface area contributed by atoms with Crippen LogP contribution in [-0.4, -0.2) is 17.3 Å². The van der Waals surface area contributed by atoms with Gasteiger partial charge in [0.1, 0.15) is 17.3 Å². The maximum absolute atomic E-state index is 11.5. The van der Waals surface area contributed by atoms with E-state index in [9.17, 15) is 14.4 Å². The fraction of sp³-hybridized carbons (Fsp3) is 0.727. The summed E-state index contributed by atoms with van der Waals surface area (Å²) < 4.78 is 0. The van der Waals surface area contributed by atoms with E-state index in [1.54, 1.807) is 6.92 Å². The van der Waals surface area contributed by atoms with Crippen LogP contribution in [0.1, 0.15) is 40.0 Å². The molecule has 0 saturated heterocycles. The molecule has 0 unspecified atom stereocenters. The van der Waals surface area contributed by atoms with Crippen LogP contribution in [0.4, 0.5) is 0 Å². The van der Waals surface area contributed by atoms with Crippen molar-refractivity contribution in [2.75, 3.05) is 0 Å². The predicted molar refractivity (Wildman–Crippen MR) is 51.8 cm³/mol. The quantitative estimate of drug-likeness (QED) is 0.627. The highest BCUT2D eigenvalue weighted by molar-refractivity contribution is 6.08. The molecule has 1 saturated carbocycles. The predicted octanol–water partition coefficient (Wildman–Crippen LogP) is 1.54. The van der Waals surface area contributed by atoms with Crippen LogP contribution in [0.15, 0.2) is 0 Å². The average molecular weight is 196 g/mol. The zero-order valence-electron chi connectivity index (χ0n) is 8.92. The topological polar surface area (TPSA) is 51.2 Å². The van der Waals surface area contributed by atoms with Crippen molar-refractivity contribution in [1.82, 2.24) is 0 Å². The van der Waals surface area contributed by atoms with Crippen LogP contribution < -0.4 is 0 Å². The number of rotatable bonds is 5. The zero-order valence-corrected chi connectivity index (χ0v) is 8.92. The molecule has 0 aromatic rings. The molecule has 0 spiro atoms. The summed E-state index contributed by atoms with van der Waals surface area (Å²) in [5.41, 5.74) is -1.08. The highest BCUT2D eigenvalue weighted by Gasteiger charge is 2.41. The summed E-state index contributed by atoms with van der Waals surface area (Å²) >= 11 is 0. The van der Waals surface area contributed by atoms with E-state index in [1.165, 1.54) is 13.8 Å². The van der Waals surface area contributed by atoms with Crippen molar-refractivity contribution in [3.05, 3.63) is 0 Å². The van der Waals surface area contributed by atoms with E-state index in [4.69, 9.17) is 0 Å². The molecule has 0 bridgehead atoms. The summed E-state index contributed by atoms with van der Waals surface area (Å²) in [6.07, 6.45) is 1.93. The number of carbonyl (C=O) groups is 3. The molecule has 1 fully saturated rings. The van der Waals surface area contributed by atoms with Gasteiger partial charge in [-0.1, -0.05) is 0 Å². The highest BCUT2D eigenvalue weighted by Crippen LogP contribution is 2.35. The number of ketones is 3. The lowest BCUT2D eigenvalue weighted by atomic mass is 9.77. The number of carbonyl (C=O) groups excluding carboxylic acids is 3. The van der Waals surface area contributed by atoms with Gasteiger partial charge in [-0.15, -0.1) is 0 Å². The Morgan fingerprint density at radius 1 is 1.14 bits per heavy atom. The van der Waals surface area contributed by atoms with Gasteiger partial charge >= 0.3 is 0 Å². The normalized spacial score (nSPS) is 16.5. The Labute approximate surface area is 83.9 Å². The van der Waals surface area contributed by atoms with E-state index in [1.807, 2.05) is 0 Å². The van der Waals surface area contributed by atoms with Crippen molar-refractivity contribution in [2.24, 2.45) is 11.3 Å². The van der Waals surface area contributed by atoms with Gasteiger partial charge in [-0.3, -0.25) is 14.4 Å². The second-order valence-corrected chi connectivity index (χ2v) is 4.36. The summed E-state index contributed by atoms with van der Waals surface area (Å²) in [7, 11) is 0. The molecule has 0 aromatic heterocycles. The fourth-order valence-corrected chi connectivity index (χ4v) is 1.39. The Balaban J connectivity index is 2.72. The van der Waals surface area contributed by atoms with Crippen LogP contribution in [0, 0.1) is 11.3 Å². The molecule has 78 valence electrons. The summed E-state index contributed by atoms with van der Waals surface area (Å²) in [5, 5.41) is 0. The Morgan fingerprint density at radius 3 is 1.86 bits per heavy atom. The van der Waals surface area contributed by atoms with Gasteiger partial charge in [-0.05, 0) is 33.6 Å². The number of Topliss-reactive ketones (excluding diaryl/α,β-unsaturated/α-hetero) is 3. The standard InChI is InChI=1S/C11H16O3/c1-7(12)11(3,8(2)13)6-10(14)9-4-5-9/h9H,4-6H2,1-3H3.